The summed E-state index contributed by atoms with van der Waals surface area (Å²) in [4.78, 5) is 14.1. The van der Waals surface area contributed by atoms with Gasteiger partial charge in [0.25, 0.3) is 0 Å². The molecule has 4 heteroatoms. The van der Waals surface area contributed by atoms with Crippen molar-refractivity contribution in [3.8, 4) is 6.19 Å². The van der Waals surface area contributed by atoms with E-state index in [9.17, 15) is 4.79 Å². The van der Waals surface area contributed by atoms with Crippen LogP contribution in [0, 0.1) is 23.3 Å². The number of nitriles is 1. The highest BCUT2D eigenvalue weighted by Crippen LogP contribution is 2.35. The summed E-state index contributed by atoms with van der Waals surface area (Å²) in [6.45, 7) is 0. The van der Waals surface area contributed by atoms with Crippen molar-refractivity contribution in [1.29, 1.82) is 5.26 Å². The molecule has 2 rings (SSSR count). The molecule has 4 nitrogen and oxygen atoms in total. The molecule has 1 N–H and O–H groups in total. The lowest BCUT2D eigenvalue weighted by Gasteiger charge is -2.32. The van der Waals surface area contributed by atoms with Crippen molar-refractivity contribution < 1.29 is 4.79 Å². The fourth-order valence-corrected chi connectivity index (χ4v) is 3.69. The summed E-state index contributed by atoms with van der Waals surface area (Å²) in [5, 5.41) is 11.5. The first-order valence-corrected chi connectivity index (χ1v) is 7.53. The average Bonchev–Trinajstić information content (AvgIpc) is 2.44. The van der Waals surface area contributed by atoms with Gasteiger partial charge in [0.05, 0.1) is 6.04 Å². The van der Waals surface area contributed by atoms with Gasteiger partial charge in [-0.2, -0.15) is 5.26 Å². The van der Waals surface area contributed by atoms with Crippen LogP contribution in [-0.2, 0) is 4.79 Å². The lowest BCUT2D eigenvalue weighted by atomic mass is 9.76. The maximum Gasteiger partial charge on any atom is 0.235 e. The normalized spacial score (nSPS) is 34.9. The number of carbonyl (C=O) groups excluding carboxylic acids is 1. The van der Waals surface area contributed by atoms with Crippen molar-refractivity contribution >= 4 is 6.08 Å². The molecule has 0 aromatic carbocycles. The van der Waals surface area contributed by atoms with E-state index in [4.69, 9.17) is 5.26 Å². The third-order valence-electron chi connectivity index (χ3n) is 4.83. The summed E-state index contributed by atoms with van der Waals surface area (Å²) in [5.74, 6) is 1.66. The molecule has 2 aliphatic carbocycles. The number of aliphatic imine (C=N–C) groups is 1. The number of hydrogen-bond acceptors (Lipinski definition) is 4. The number of rotatable bonds is 4. The summed E-state index contributed by atoms with van der Waals surface area (Å²) >= 11 is 0. The van der Waals surface area contributed by atoms with Crippen LogP contribution in [0.3, 0.4) is 0 Å². The molecule has 2 fully saturated rings. The molecule has 0 aliphatic heterocycles. The number of nitrogens with one attached hydrogen (secondary N) is 1. The molecule has 0 bridgehead atoms. The molecule has 0 aromatic heterocycles. The van der Waals surface area contributed by atoms with Crippen LogP contribution < -0.4 is 5.32 Å². The second-order valence-electron chi connectivity index (χ2n) is 6.10. The Balaban J connectivity index is 1.67. The maximum atomic E-state index is 10.2. The van der Waals surface area contributed by atoms with E-state index in [1.807, 2.05) is 0 Å². The zero-order chi connectivity index (χ0) is 13.5. The minimum Gasteiger partial charge on any atom is -0.321 e. The van der Waals surface area contributed by atoms with Crippen LogP contribution in [-0.4, -0.2) is 18.2 Å². The Hall–Kier alpha value is -1.33. The fraction of sp³-hybridized carbons (Fsp3) is 0.867. The summed E-state index contributed by atoms with van der Waals surface area (Å²) in [7, 11) is 0. The van der Waals surface area contributed by atoms with E-state index in [0.29, 0.717) is 6.04 Å². The van der Waals surface area contributed by atoms with E-state index >= 15 is 0 Å². The van der Waals surface area contributed by atoms with E-state index in [1.54, 1.807) is 6.08 Å². The zero-order valence-corrected chi connectivity index (χ0v) is 11.5. The summed E-state index contributed by atoms with van der Waals surface area (Å²) in [6, 6.07) is 0.656. The number of isocyanates is 1. The highest BCUT2D eigenvalue weighted by molar-refractivity contribution is 5.33. The molecule has 0 heterocycles. The van der Waals surface area contributed by atoms with Crippen LogP contribution in [0.5, 0.6) is 0 Å². The van der Waals surface area contributed by atoms with Gasteiger partial charge >= 0.3 is 0 Å². The predicted octanol–water partition coefficient (Wildman–Crippen LogP) is 2.90. The van der Waals surface area contributed by atoms with Gasteiger partial charge in [0.15, 0.2) is 6.19 Å². The second-order valence-corrected chi connectivity index (χ2v) is 6.10. The molecule has 0 radical (unpaired) electrons. The number of nitrogens with zero attached hydrogens (tertiary/aromatic N) is 2. The Morgan fingerprint density at radius 2 is 1.58 bits per heavy atom. The van der Waals surface area contributed by atoms with Crippen LogP contribution in [0.2, 0.25) is 0 Å². The van der Waals surface area contributed by atoms with Crippen LogP contribution in [0.4, 0.5) is 0 Å². The number of hydrogen-bond donors (Lipinski definition) is 1. The SMILES string of the molecule is N#CNC1CCC(CC2CCC(N=C=O)CC2)CC1. The summed E-state index contributed by atoms with van der Waals surface area (Å²) in [6.07, 6.45) is 14.4. The van der Waals surface area contributed by atoms with Gasteiger partial charge in [0.1, 0.15) is 0 Å². The molecule has 0 atom stereocenters. The Bertz CT molecular complexity index is 354. The first-order valence-electron chi connectivity index (χ1n) is 7.53. The molecule has 0 aromatic rings. The first-order chi connectivity index (χ1) is 9.31. The lowest BCUT2D eigenvalue weighted by molar-refractivity contribution is 0.220. The van der Waals surface area contributed by atoms with Crippen molar-refractivity contribution in [3.05, 3.63) is 0 Å². The fourth-order valence-electron chi connectivity index (χ4n) is 3.69. The molecular formula is C15H23N3O. The van der Waals surface area contributed by atoms with Crippen molar-refractivity contribution in [1.82, 2.24) is 5.32 Å². The molecule has 0 saturated heterocycles. The van der Waals surface area contributed by atoms with E-state index in [1.165, 1.54) is 32.1 Å². The minimum atomic E-state index is 0.240. The Kier molecular flexibility index (Phi) is 5.42. The highest BCUT2D eigenvalue weighted by Gasteiger charge is 2.26. The molecule has 2 saturated carbocycles. The summed E-state index contributed by atoms with van der Waals surface area (Å²) in [5.41, 5.74) is 0. The quantitative estimate of drug-likeness (QED) is 0.366. The monoisotopic (exact) mass is 261 g/mol. The van der Waals surface area contributed by atoms with Crippen molar-refractivity contribution in [3.63, 3.8) is 0 Å². The lowest BCUT2D eigenvalue weighted by Crippen LogP contribution is -2.30. The van der Waals surface area contributed by atoms with Gasteiger partial charge in [-0.15, -0.1) is 0 Å². The average molecular weight is 261 g/mol. The Morgan fingerprint density at radius 1 is 1.00 bits per heavy atom. The van der Waals surface area contributed by atoms with E-state index in [2.05, 4.69) is 16.5 Å². The molecule has 0 spiro atoms. The molecule has 19 heavy (non-hydrogen) atoms. The molecule has 104 valence electrons. The maximum absolute atomic E-state index is 10.2. The van der Waals surface area contributed by atoms with Gasteiger partial charge in [-0.25, -0.2) is 9.79 Å². The van der Waals surface area contributed by atoms with Gasteiger partial charge in [-0.1, -0.05) is 0 Å². The van der Waals surface area contributed by atoms with Crippen molar-refractivity contribution in [2.24, 2.45) is 16.8 Å². The third kappa shape index (κ3) is 4.36. The van der Waals surface area contributed by atoms with Gasteiger partial charge in [0.2, 0.25) is 6.08 Å². The Labute approximate surface area is 115 Å². The van der Waals surface area contributed by atoms with E-state index in [-0.39, 0.29) is 6.04 Å². The van der Waals surface area contributed by atoms with Gasteiger partial charge in [0, 0.05) is 6.04 Å². The largest absolute Gasteiger partial charge is 0.321 e. The highest BCUT2D eigenvalue weighted by atomic mass is 16.1. The summed E-state index contributed by atoms with van der Waals surface area (Å²) < 4.78 is 0. The van der Waals surface area contributed by atoms with Crippen molar-refractivity contribution in [2.45, 2.75) is 69.9 Å². The second kappa shape index (κ2) is 7.31. The van der Waals surface area contributed by atoms with E-state index < -0.39 is 0 Å². The molecular weight excluding hydrogens is 238 g/mol. The van der Waals surface area contributed by atoms with Gasteiger partial charge in [-0.3, -0.25) is 0 Å². The minimum absolute atomic E-state index is 0.240. The standard InChI is InChI=1S/C15H23N3O/c16-10-17-14-5-1-12(2-6-14)9-13-3-7-15(8-4-13)18-11-19/h12-15,17H,1-9H2. The Morgan fingerprint density at radius 3 is 2.11 bits per heavy atom. The molecule has 0 unspecified atom stereocenters. The van der Waals surface area contributed by atoms with Crippen LogP contribution in [0.25, 0.3) is 0 Å². The van der Waals surface area contributed by atoms with Crippen LogP contribution in [0.1, 0.15) is 57.8 Å². The van der Waals surface area contributed by atoms with E-state index in [0.717, 1.165) is 37.5 Å². The first kappa shape index (κ1) is 14.1. The third-order valence-corrected chi connectivity index (χ3v) is 4.83. The molecule has 2 aliphatic rings. The van der Waals surface area contributed by atoms with Crippen LogP contribution in [0.15, 0.2) is 4.99 Å². The predicted molar refractivity (Wildman–Crippen MR) is 73.0 cm³/mol. The molecule has 0 amide bonds. The zero-order valence-electron chi connectivity index (χ0n) is 11.5. The van der Waals surface area contributed by atoms with Crippen LogP contribution >= 0.6 is 0 Å². The van der Waals surface area contributed by atoms with Gasteiger partial charge in [-0.05, 0) is 69.6 Å². The van der Waals surface area contributed by atoms with Gasteiger partial charge < -0.3 is 5.32 Å². The smallest absolute Gasteiger partial charge is 0.235 e. The topological polar surface area (TPSA) is 65.2 Å². The van der Waals surface area contributed by atoms with Crippen molar-refractivity contribution in [2.75, 3.05) is 0 Å².